The summed E-state index contributed by atoms with van der Waals surface area (Å²) in [6.45, 7) is 8.20. The molecule has 0 saturated heterocycles. The Kier molecular flexibility index (Phi) is 9.70. The van der Waals surface area contributed by atoms with Gasteiger partial charge in [0.25, 0.3) is 0 Å². The molecule has 0 amide bonds. The average molecular weight is 321 g/mol. The highest BCUT2D eigenvalue weighted by molar-refractivity contribution is 5.10. The third-order valence-corrected chi connectivity index (χ3v) is 3.21. The highest BCUT2D eigenvalue weighted by atomic mass is 14.7. The number of aryl methyl sites for hydroxylation is 4. The number of aromatic nitrogens is 3. The van der Waals surface area contributed by atoms with E-state index in [-0.39, 0.29) is 0 Å². The highest BCUT2D eigenvalue weighted by Crippen LogP contribution is 1.99. The van der Waals surface area contributed by atoms with Crippen molar-refractivity contribution in [2.45, 2.75) is 40.5 Å². The van der Waals surface area contributed by atoms with Crippen molar-refractivity contribution in [3.8, 4) is 0 Å². The monoisotopic (exact) mass is 321 g/mol. The second-order valence-corrected chi connectivity index (χ2v) is 5.27. The number of pyridine rings is 3. The zero-order chi connectivity index (χ0) is 17.6. The van der Waals surface area contributed by atoms with E-state index in [1.165, 1.54) is 11.4 Å². The molecule has 0 fully saturated rings. The summed E-state index contributed by atoms with van der Waals surface area (Å²) in [5.41, 5.74) is 4.53. The number of hydrogen-bond donors (Lipinski definition) is 0. The summed E-state index contributed by atoms with van der Waals surface area (Å²) in [7, 11) is 0. The van der Waals surface area contributed by atoms with Crippen molar-refractivity contribution in [3.63, 3.8) is 0 Å². The molecule has 0 aliphatic carbocycles. The van der Waals surface area contributed by atoms with Gasteiger partial charge in [-0.2, -0.15) is 0 Å². The van der Waals surface area contributed by atoms with Crippen LogP contribution in [-0.2, 0) is 12.8 Å². The summed E-state index contributed by atoms with van der Waals surface area (Å²) >= 11 is 0. The minimum atomic E-state index is 1.04. The zero-order valence-electron chi connectivity index (χ0n) is 15.1. The van der Waals surface area contributed by atoms with Crippen LogP contribution in [-0.4, -0.2) is 15.0 Å². The molecular formula is C21H27N3. The van der Waals surface area contributed by atoms with Crippen molar-refractivity contribution in [2.24, 2.45) is 0 Å². The maximum absolute atomic E-state index is 4.41. The fourth-order valence-electron chi connectivity index (χ4n) is 1.82. The molecule has 24 heavy (non-hydrogen) atoms. The third kappa shape index (κ3) is 8.79. The highest BCUT2D eigenvalue weighted by Gasteiger charge is 1.91. The van der Waals surface area contributed by atoms with E-state index >= 15 is 0 Å². The van der Waals surface area contributed by atoms with Gasteiger partial charge >= 0.3 is 0 Å². The molecular weight excluding hydrogens is 294 g/mol. The molecule has 0 saturated carbocycles. The van der Waals surface area contributed by atoms with Crippen LogP contribution in [0.4, 0.5) is 0 Å². The molecule has 3 heterocycles. The molecule has 0 aliphatic heterocycles. The van der Waals surface area contributed by atoms with E-state index in [1.807, 2.05) is 50.2 Å². The molecule has 126 valence electrons. The van der Waals surface area contributed by atoms with Crippen LogP contribution < -0.4 is 0 Å². The van der Waals surface area contributed by atoms with E-state index in [0.717, 1.165) is 24.2 Å². The second kappa shape index (κ2) is 11.9. The minimum Gasteiger partial charge on any atom is -0.262 e. The Balaban J connectivity index is 0.000000185. The molecule has 0 N–H and O–H groups in total. The van der Waals surface area contributed by atoms with Crippen molar-refractivity contribution in [3.05, 3.63) is 89.8 Å². The van der Waals surface area contributed by atoms with Crippen molar-refractivity contribution in [1.29, 1.82) is 0 Å². The summed E-state index contributed by atoms with van der Waals surface area (Å²) < 4.78 is 0. The van der Waals surface area contributed by atoms with E-state index in [0.29, 0.717) is 0 Å². The average Bonchev–Trinajstić information content (AvgIpc) is 2.64. The standard InChI is InChI=1S/C9H13N.2C6H7N/c1-3-8-6-5-7-9(4-2)10-8;2*1-6-4-2-3-5-7-6/h5-7H,3-4H2,1-2H3;2*2-5H,1H3. The molecule has 3 aromatic rings. The molecule has 3 nitrogen and oxygen atoms in total. The molecule has 0 radical (unpaired) electrons. The van der Waals surface area contributed by atoms with Gasteiger partial charge in [0.2, 0.25) is 0 Å². The summed E-state index contributed by atoms with van der Waals surface area (Å²) in [5, 5.41) is 0. The second-order valence-electron chi connectivity index (χ2n) is 5.27. The van der Waals surface area contributed by atoms with Crippen LogP contribution in [0.3, 0.4) is 0 Å². The molecule has 3 heteroatoms. The first kappa shape index (κ1) is 19.5. The van der Waals surface area contributed by atoms with E-state index in [2.05, 4.69) is 47.0 Å². The quantitative estimate of drug-likeness (QED) is 0.667. The molecule has 0 bridgehead atoms. The lowest BCUT2D eigenvalue weighted by molar-refractivity contribution is 0.955. The van der Waals surface area contributed by atoms with Crippen LogP contribution >= 0.6 is 0 Å². The Labute approximate surface area is 145 Å². The maximum Gasteiger partial charge on any atom is 0.0404 e. The van der Waals surface area contributed by atoms with Gasteiger partial charge in [-0.3, -0.25) is 15.0 Å². The van der Waals surface area contributed by atoms with Gasteiger partial charge in [-0.15, -0.1) is 0 Å². The van der Waals surface area contributed by atoms with Gasteiger partial charge in [0.15, 0.2) is 0 Å². The van der Waals surface area contributed by atoms with Gasteiger partial charge < -0.3 is 0 Å². The first-order chi connectivity index (χ1) is 11.7. The summed E-state index contributed by atoms with van der Waals surface area (Å²) in [5.74, 6) is 0. The molecule has 0 aromatic carbocycles. The maximum atomic E-state index is 4.41. The predicted molar refractivity (Wildman–Crippen MR) is 101 cm³/mol. The largest absolute Gasteiger partial charge is 0.262 e. The first-order valence-corrected chi connectivity index (χ1v) is 8.35. The number of nitrogens with zero attached hydrogens (tertiary/aromatic N) is 3. The lowest BCUT2D eigenvalue weighted by Crippen LogP contribution is -1.91. The van der Waals surface area contributed by atoms with E-state index in [4.69, 9.17) is 0 Å². The number of rotatable bonds is 2. The van der Waals surface area contributed by atoms with Crippen LogP contribution in [0.25, 0.3) is 0 Å². The van der Waals surface area contributed by atoms with Crippen LogP contribution in [0.2, 0.25) is 0 Å². The van der Waals surface area contributed by atoms with Gasteiger partial charge in [0.05, 0.1) is 0 Å². The normalized spacial score (nSPS) is 9.17. The SMILES string of the molecule is CCc1cccc(CC)n1.Cc1ccccn1.Cc1ccccn1. The van der Waals surface area contributed by atoms with Gasteiger partial charge in [-0.25, -0.2) is 0 Å². The molecule has 0 atom stereocenters. The Morgan fingerprint density at radius 2 is 1.08 bits per heavy atom. The Morgan fingerprint density at radius 1 is 0.625 bits per heavy atom. The molecule has 3 rings (SSSR count). The van der Waals surface area contributed by atoms with E-state index in [9.17, 15) is 0 Å². The summed E-state index contributed by atoms with van der Waals surface area (Å²) in [4.78, 5) is 12.4. The fourth-order valence-corrected chi connectivity index (χ4v) is 1.82. The van der Waals surface area contributed by atoms with Crippen LogP contribution in [0.15, 0.2) is 67.0 Å². The predicted octanol–water partition coefficient (Wildman–Crippen LogP) is 4.99. The lowest BCUT2D eigenvalue weighted by Gasteiger charge is -1.97. The van der Waals surface area contributed by atoms with Crippen LogP contribution in [0, 0.1) is 13.8 Å². The van der Waals surface area contributed by atoms with Crippen molar-refractivity contribution >= 4 is 0 Å². The number of hydrogen-bond acceptors (Lipinski definition) is 3. The van der Waals surface area contributed by atoms with E-state index in [1.54, 1.807) is 12.4 Å². The Hall–Kier alpha value is -2.55. The van der Waals surface area contributed by atoms with Crippen molar-refractivity contribution in [2.75, 3.05) is 0 Å². The zero-order valence-corrected chi connectivity index (χ0v) is 15.1. The van der Waals surface area contributed by atoms with Gasteiger partial charge in [0, 0.05) is 35.2 Å². The Bertz CT molecular complexity index is 610. The lowest BCUT2D eigenvalue weighted by atomic mass is 10.2. The molecule has 0 spiro atoms. The summed E-state index contributed by atoms with van der Waals surface area (Å²) in [6, 6.07) is 17.9. The van der Waals surface area contributed by atoms with Crippen molar-refractivity contribution < 1.29 is 0 Å². The van der Waals surface area contributed by atoms with Gasteiger partial charge in [-0.05, 0) is 63.1 Å². The van der Waals surface area contributed by atoms with Crippen molar-refractivity contribution in [1.82, 2.24) is 15.0 Å². The Morgan fingerprint density at radius 3 is 1.33 bits per heavy atom. The first-order valence-electron chi connectivity index (χ1n) is 8.35. The minimum absolute atomic E-state index is 1.04. The van der Waals surface area contributed by atoms with Gasteiger partial charge in [-0.1, -0.05) is 32.0 Å². The smallest absolute Gasteiger partial charge is 0.0404 e. The topological polar surface area (TPSA) is 38.7 Å². The molecule has 0 unspecified atom stereocenters. The van der Waals surface area contributed by atoms with E-state index < -0.39 is 0 Å². The summed E-state index contributed by atoms with van der Waals surface area (Å²) in [6.07, 6.45) is 5.65. The molecule has 0 aliphatic rings. The fraction of sp³-hybridized carbons (Fsp3) is 0.286. The molecule has 3 aromatic heterocycles. The van der Waals surface area contributed by atoms with Crippen LogP contribution in [0.1, 0.15) is 36.6 Å². The third-order valence-electron chi connectivity index (χ3n) is 3.21. The van der Waals surface area contributed by atoms with Gasteiger partial charge in [0.1, 0.15) is 0 Å². The van der Waals surface area contributed by atoms with Crippen LogP contribution in [0.5, 0.6) is 0 Å².